The molecule has 0 aliphatic heterocycles. The van der Waals surface area contributed by atoms with Crippen LogP contribution >= 0.6 is 0 Å². The number of carbonyl (C=O) groups excluding carboxylic acids is 2. The highest BCUT2D eigenvalue weighted by atomic mass is 19.1. The molecule has 5 heteroatoms. The van der Waals surface area contributed by atoms with E-state index >= 15 is 0 Å². The van der Waals surface area contributed by atoms with E-state index in [1.807, 2.05) is 42.5 Å². The summed E-state index contributed by atoms with van der Waals surface area (Å²) in [6, 6.07) is 20.1. The van der Waals surface area contributed by atoms with Crippen LogP contribution in [0.3, 0.4) is 0 Å². The van der Waals surface area contributed by atoms with Gasteiger partial charge in [0.1, 0.15) is 5.82 Å². The van der Waals surface area contributed by atoms with Gasteiger partial charge in [-0.05, 0) is 34.4 Å². The van der Waals surface area contributed by atoms with Crippen molar-refractivity contribution in [2.45, 2.75) is 12.8 Å². The molecule has 0 aliphatic carbocycles. The van der Waals surface area contributed by atoms with Gasteiger partial charge in [-0.25, -0.2) is 4.39 Å². The molecule has 0 saturated heterocycles. The molecule has 4 nitrogen and oxygen atoms in total. The van der Waals surface area contributed by atoms with Crippen molar-refractivity contribution >= 4 is 22.6 Å². The number of esters is 1. The molecule has 0 bridgehead atoms. The Morgan fingerprint density at radius 3 is 2.48 bits per heavy atom. The van der Waals surface area contributed by atoms with Crippen LogP contribution in [0.25, 0.3) is 10.8 Å². The first kappa shape index (κ1) is 18.6. The molecule has 0 spiro atoms. The minimum Gasteiger partial charge on any atom is -0.455 e. The monoisotopic (exact) mass is 365 g/mol. The second-order valence-electron chi connectivity index (χ2n) is 6.21. The molecule has 0 saturated carbocycles. The Morgan fingerprint density at radius 1 is 0.926 bits per heavy atom. The van der Waals surface area contributed by atoms with Crippen LogP contribution in [0, 0.1) is 5.82 Å². The van der Waals surface area contributed by atoms with E-state index in [0.717, 1.165) is 16.3 Å². The quantitative estimate of drug-likeness (QED) is 0.653. The Labute approximate surface area is 157 Å². The van der Waals surface area contributed by atoms with Crippen molar-refractivity contribution in [1.82, 2.24) is 5.32 Å². The number of hydrogen-bond donors (Lipinski definition) is 1. The Kier molecular flexibility index (Phi) is 6.15. The molecule has 0 aliphatic rings. The summed E-state index contributed by atoms with van der Waals surface area (Å²) < 4.78 is 18.5. The fraction of sp³-hybridized carbons (Fsp3) is 0.182. The maximum atomic E-state index is 13.5. The second kappa shape index (κ2) is 8.94. The van der Waals surface area contributed by atoms with Gasteiger partial charge < -0.3 is 10.1 Å². The zero-order valence-electron chi connectivity index (χ0n) is 14.8. The topological polar surface area (TPSA) is 55.4 Å². The summed E-state index contributed by atoms with van der Waals surface area (Å²) in [6.07, 6.45) is 0.483. The van der Waals surface area contributed by atoms with Crippen molar-refractivity contribution in [3.63, 3.8) is 0 Å². The van der Waals surface area contributed by atoms with Crippen LogP contribution in [-0.4, -0.2) is 25.0 Å². The van der Waals surface area contributed by atoms with Crippen LogP contribution in [0.5, 0.6) is 0 Å². The Balaban J connectivity index is 1.41. The first-order valence-corrected chi connectivity index (χ1v) is 8.75. The van der Waals surface area contributed by atoms with Gasteiger partial charge in [-0.15, -0.1) is 0 Å². The Bertz CT molecular complexity index is 955. The lowest BCUT2D eigenvalue weighted by atomic mass is 10.1. The fourth-order valence-corrected chi connectivity index (χ4v) is 2.80. The average Bonchev–Trinajstić information content (AvgIpc) is 2.68. The standard InChI is InChI=1S/C22H20FNO3/c23-20-8-4-3-6-18(20)11-12-24-21(25)15-27-22(26)14-16-9-10-17-5-1-2-7-19(17)13-16/h1-10,13H,11-12,14-15H2,(H,24,25). The summed E-state index contributed by atoms with van der Waals surface area (Å²) in [6.45, 7) is -0.0638. The SMILES string of the molecule is O=C(COC(=O)Cc1ccc2ccccc2c1)NCCc1ccccc1F. The van der Waals surface area contributed by atoms with Gasteiger partial charge >= 0.3 is 5.97 Å². The summed E-state index contributed by atoms with van der Waals surface area (Å²) in [5.74, 6) is -1.17. The van der Waals surface area contributed by atoms with E-state index in [1.165, 1.54) is 6.07 Å². The van der Waals surface area contributed by atoms with E-state index in [4.69, 9.17) is 4.74 Å². The summed E-state index contributed by atoms with van der Waals surface area (Å²) in [4.78, 5) is 23.7. The highest BCUT2D eigenvalue weighted by Crippen LogP contribution is 2.16. The molecular weight excluding hydrogens is 345 g/mol. The Morgan fingerprint density at radius 2 is 1.67 bits per heavy atom. The molecule has 3 rings (SSSR count). The predicted octanol–water partition coefficient (Wildman–Crippen LogP) is 3.42. The number of halogens is 1. The number of hydrogen-bond acceptors (Lipinski definition) is 3. The van der Waals surface area contributed by atoms with Crippen molar-refractivity contribution in [2.24, 2.45) is 0 Å². The maximum Gasteiger partial charge on any atom is 0.310 e. The molecular formula is C22H20FNO3. The third-order valence-corrected chi connectivity index (χ3v) is 4.20. The lowest BCUT2D eigenvalue weighted by Gasteiger charge is -2.08. The van der Waals surface area contributed by atoms with Gasteiger partial charge in [0.05, 0.1) is 6.42 Å². The Hall–Kier alpha value is -3.21. The predicted molar refractivity (Wildman–Crippen MR) is 102 cm³/mol. The van der Waals surface area contributed by atoms with Gasteiger partial charge in [0, 0.05) is 6.54 Å². The number of benzene rings is 3. The number of fused-ring (bicyclic) bond motifs is 1. The third kappa shape index (κ3) is 5.38. The van der Waals surface area contributed by atoms with Gasteiger partial charge in [-0.3, -0.25) is 9.59 Å². The largest absolute Gasteiger partial charge is 0.455 e. The molecule has 3 aromatic rings. The smallest absolute Gasteiger partial charge is 0.310 e. The van der Waals surface area contributed by atoms with Crippen molar-refractivity contribution in [1.29, 1.82) is 0 Å². The highest BCUT2D eigenvalue weighted by Gasteiger charge is 2.09. The molecule has 1 N–H and O–H groups in total. The van der Waals surface area contributed by atoms with E-state index in [1.54, 1.807) is 18.2 Å². The zero-order chi connectivity index (χ0) is 19.1. The number of nitrogens with one attached hydrogen (secondary N) is 1. The van der Waals surface area contributed by atoms with E-state index in [-0.39, 0.29) is 25.4 Å². The molecule has 1 amide bonds. The van der Waals surface area contributed by atoms with E-state index in [0.29, 0.717) is 12.0 Å². The first-order chi connectivity index (χ1) is 13.1. The summed E-state index contributed by atoms with van der Waals surface area (Å²) in [7, 11) is 0. The molecule has 0 fully saturated rings. The van der Waals surface area contributed by atoms with Crippen LogP contribution in [0.4, 0.5) is 4.39 Å². The summed E-state index contributed by atoms with van der Waals surface area (Å²) >= 11 is 0. The van der Waals surface area contributed by atoms with Gasteiger partial charge in [0.25, 0.3) is 5.91 Å². The molecule has 27 heavy (non-hydrogen) atoms. The second-order valence-corrected chi connectivity index (χ2v) is 6.21. The third-order valence-electron chi connectivity index (χ3n) is 4.20. The lowest BCUT2D eigenvalue weighted by molar-refractivity contribution is -0.147. The first-order valence-electron chi connectivity index (χ1n) is 8.75. The molecule has 0 aromatic heterocycles. The lowest BCUT2D eigenvalue weighted by Crippen LogP contribution is -2.30. The number of ether oxygens (including phenoxy) is 1. The van der Waals surface area contributed by atoms with Crippen molar-refractivity contribution in [3.8, 4) is 0 Å². The van der Waals surface area contributed by atoms with Gasteiger partial charge in [0.15, 0.2) is 6.61 Å². The molecule has 0 heterocycles. The van der Waals surface area contributed by atoms with E-state index in [2.05, 4.69) is 5.32 Å². The van der Waals surface area contributed by atoms with Crippen LogP contribution in [0.1, 0.15) is 11.1 Å². The van der Waals surface area contributed by atoms with Crippen LogP contribution in [0.15, 0.2) is 66.7 Å². The minimum absolute atomic E-state index is 0.105. The molecule has 138 valence electrons. The van der Waals surface area contributed by atoms with Gasteiger partial charge in [-0.2, -0.15) is 0 Å². The molecule has 0 unspecified atom stereocenters. The van der Waals surface area contributed by atoms with Crippen LogP contribution < -0.4 is 5.32 Å². The van der Waals surface area contributed by atoms with Crippen molar-refractivity contribution in [2.75, 3.05) is 13.2 Å². The van der Waals surface area contributed by atoms with Gasteiger partial charge in [-0.1, -0.05) is 60.7 Å². The van der Waals surface area contributed by atoms with Gasteiger partial charge in [0.2, 0.25) is 0 Å². The maximum absolute atomic E-state index is 13.5. The fourth-order valence-electron chi connectivity index (χ4n) is 2.80. The number of carbonyl (C=O) groups is 2. The van der Waals surface area contributed by atoms with Crippen LogP contribution in [0.2, 0.25) is 0 Å². The van der Waals surface area contributed by atoms with Crippen molar-refractivity contribution in [3.05, 3.63) is 83.7 Å². The van der Waals surface area contributed by atoms with Crippen molar-refractivity contribution < 1.29 is 18.7 Å². The zero-order valence-corrected chi connectivity index (χ0v) is 14.8. The van der Waals surface area contributed by atoms with Crippen LogP contribution in [-0.2, 0) is 27.2 Å². The highest BCUT2D eigenvalue weighted by molar-refractivity contribution is 5.85. The normalized spacial score (nSPS) is 10.6. The number of rotatable bonds is 7. The van der Waals surface area contributed by atoms with E-state index < -0.39 is 11.9 Å². The molecule has 0 radical (unpaired) electrons. The molecule has 3 aromatic carbocycles. The minimum atomic E-state index is -0.463. The average molecular weight is 365 g/mol. The summed E-state index contributed by atoms with van der Waals surface area (Å²) in [5, 5.41) is 4.77. The summed E-state index contributed by atoms with van der Waals surface area (Å²) in [5.41, 5.74) is 1.37. The number of amides is 1. The van der Waals surface area contributed by atoms with E-state index in [9.17, 15) is 14.0 Å². The molecule has 0 atom stereocenters.